The number of morpholine rings is 1. The predicted octanol–water partition coefficient (Wildman–Crippen LogP) is 2.72. The number of halogens is 1. The molecule has 5 nitrogen and oxygen atoms in total. The van der Waals surface area contributed by atoms with Gasteiger partial charge in [-0.1, -0.05) is 18.2 Å². The highest BCUT2D eigenvalue weighted by Crippen LogP contribution is 2.17. The van der Waals surface area contributed by atoms with Crippen molar-refractivity contribution < 1.29 is 18.7 Å². The van der Waals surface area contributed by atoms with Crippen LogP contribution in [0.4, 0.5) is 10.1 Å². The van der Waals surface area contributed by atoms with E-state index in [1.807, 2.05) is 31.2 Å². The number of rotatable bonds is 5. The molecule has 1 aliphatic heterocycles. The van der Waals surface area contributed by atoms with Crippen LogP contribution in [0.5, 0.6) is 5.75 Å². The monoisotopic (exact) mass is 344 g/mol. The molecule has 0 aliphatic carbocycles. The van der Waals surface area contributed by atoms with E-state index < -0.39 is 0 Å². The van der Waals surface area contributed by atoms with Crippen molar-refractivity contribution in [2.45, 2.75) is 25.7 Å². The molecule has 0 unspecified atom stereocenters. The fourth-order valence-corrected chi connectivity index (χ4v) is 2.71. The molecule has 6 heteroatoms. The van der Waals surface area contributed by atoms with Crippen LogP contribution in [0.2, 0.25) is 0 Å². The highest BCUT2D eigenvalue weighted by Gasteiger charge is 2.28. The number of benzene rings is 2. The van der Waals surface area contributed by atoms with E-state index in [2.05, 4.69) is 10.6 Å². The highest BCUT2D eigenvalue weighted by molar-refractivity contribution is 5.95. The molecular weight excluding hydrogens is 323 g/mol. The molecule has 1 fully saturated rings. The molecule has 2 N–H and O–H groups in total. The molecule has 0 saturated carbocycles. The van der Waals surface area contributed by atoms with Crippen LogP contribution in [-0.2, 0) is 16.1 Å². The average molecular weight is 344 g/mol. The molecule has 2 atom stereocenters. The van der Waals surface area contributed by atoms with E-state index >= 15 is 0 Å². The number of amides is 1. The third kappa shape index (κ3) is 4.78. The van der Waals surface area contributed by atoms with Crippen molar-refractivity contribution in [3.8, 4) is 5.75 Å². The Balaban J connectivity index is 1.60. The highest BCUT2D eigenvalue weighted by atomic mass is 19.1. The Morgan fingerprint density at radius 1 is 1.32 bits per heavy atom. The van der Waals surface area contributed by atoms with Gasteiger partial charge in [-0.2, -0.15) is 0 Å². The minimum atomic E-state index is -0.374. The summed E-state index contributed by atoms with van der Waals surface area (Å²) in [5.74, 6) is -0.00273. The first-order valence-corrected chi connectivity index (χ1v) is 8.25. The van der Waals surface area contributed by atoms with Gasteiger partial charge >= 0.3 is 0 Å². The first-order chi connectivity index (χ1) is 12.1. The first kappa shape index (κ1) is 17.4. The molecule has 0 radical (unpaired) electrons. The van der Waals surface area contributed by atoms with Crippen molar-refractivity contribution in [1.29, 1.82) is 0 Å². The maximum atomic E-state index is 13.2. The lowest BCUT2D eigenvalue weighted by Crippen LogP contribution is -2.53. The fraction of sp³-hybridized carbons (Fsp3) is 0.316. The van der Waals surface area contributed by atoms with Crippen molar-refractivity contribution in [3.05, 3.63) is 59.9 Å². The summed E-state index contributed by atoms with van der Waals surface area (Å²) in [4.78, 5) is 12.4. The molecule has 0 bridgehead atoms. The topological polar surface area (TPSA) is 59.6 Å². The van der Waals surface area contributed by atoms with Gasteiger partial charge < -0.3 is 20.1 Å². The summed E-state index contributed by atoms with van der Waals surface area (Å²) in [6, 6.07) is 13.0. The zero-order valence-electron chi connectivity index (χ0n) is 14.0. The summed E-state index contributed by atoms with van der Waals surface area (Å²) in [6.45, 7) is 3.43. The first-order valence-electron chi connectivity index (χ1n) is 8.25. The third-order valence-corrected chi connectivity index (χ3v) is 4.00. The van der Waals surface area contributed by atoms with Gasteiger partial charge in [0.15, 0.2) is 0 Å². The van der Waals surface area contributed by atoms with Gasteiger partial charge in [0.25, 0.3) is 0 Å². The van der Waals surface area contributed by atoms with Gasteiger partial charge in [-0.3, -0.25) is 4.79 Å². The summed E-state index contributed by atoms with van der Waals surface area (Å²) in [5, 5.41) is 6.05. The predicted molar refractivity (Wildman–Crippen MR) is 93.0 cm³/mol. The van der Waals surface area contributed by atoms with Gasteiger partial charge in [0.2, 0.25) is 5.91 Å². The van der Waals surface area contributed by atoms with E-state index in [1.165, 1.54) is 12.1 Å². The van der Waals surface area contributed by atoms with E-state index in [-0.39, 0.29) is 30.5 Å². The van der Waals surface area contributed by atoms with E-state index in [9.17, 15) is 9.18 Å². The van der Waals surface area contributed by atoms with E-state index in [0.29, 0.717) is 24.6 Å². The van der Waals surface area contributed by atoms with Gasteiger partial charge in [-0.15, -0.1) is 0 Å². The summed E-state index contributed by atoms with van der Waals surface area (Å²) in [5.41, 5.74) is 1.56. The Hall–Kier alpha value is -2.44. The second-order valence-corrected chi connectivity index (χ2v) is 5.94. The largest absolute Gasteiger partial charge is 0.489 e. The maximum Gasteiger partial charge on any atom is 0.244 e. The molecule has 0 aromatic heterocycles. The minimum absolute atomic E-state index is 0.129. The van der Waals surface area contributed by atoms with Gasteiger partial charge in [0.05, 0.1) is 12.7 Å². The lowest BCUT2D eigenvalue weighted by Gasteiger charge is -2.29. The van der Waals surface area contributed by atoms with Crippen LogP contribution in [0, 0.1) is 5.82 Å². The standard InChI is InChI=1S/C19H21FN2O3/c1-13-18(21-8-9-24-13)19(23)22-16-6-2-4-14(10-16)12-25-17-7-3-5-15(20)11-17/h2-7,10-11,13,18,21H,8-9,12H2,1H3,(H,22,23)/t13-,18+/m1/s1. The smallest absolute Gasteiger partial charge is 0.244 e. The van der Waals surface area contributed by atoms with Crippen molar-refractivity contribution >= 4 is 11.6 Å². The Labute approximate surface area is 146 Å². The van der Waals surface area contributed by atoms with Crippen LogP contribution in [-0.4, -0.2) is 31.2 Å². The molecule has 0 spiro atoms. The van der Waals surface area contributed by atoms with Gasteiger partial charge in [-0.05, 0) is 36.8 Å². The molecule has 1 heterocycles. The average Bonchev–Trinajstić information content (AvgIpc) is 2.61. The fourth-order valence-electron chi connectivity index (χ4n) is 2.71. The zero-order valence-corrected chi connectivity index (χ0v) is 14.0. The molecule has 3 rings (SSSR count). The second kappa shape index (κ2) is 8.09. The van der Waals surface area contributed by atoms with Gasteiger partial charge in [-0.25, -0.2) is 4.39 Å². The molecular formula is C19H21FN2O3. The quantitative estimate of drug-likeness (QED) is 0.876. The molecule has 1 aliphatic rings. The van der Waals surface area contributed by atoms with Crippen LogP contribution in [0.1, 0.15) is 12.5 Å². The molecule has 2 aromatic rings. The SMILES string of the molecule is C[C@H]1OCCN[C@@H]1C(=O)Nc1cccc(COc2cccc(F)c2)c1. The molecule has 2 aromatic carbocycles. The minimum Gasteiger partial charge on any atom is -0.489 e. The van der Waals surface area contributed by atoms with Crippen molar-refractivity contribution in [2.75, 3.05) is 18.5 Å². The number of ether oxygens (including phenoxy) is 2. The molecule has 1 saturated heterocycles. The van der Waals surface area contributed by atoms with Crippen LogP contribution >= 0.6 is 0 Å². The Morgan fingerprint density at radius 3 is 2.96 bits per heavy atom. The lowest BCUT2D eigenvalue weighted by molar-refractivity contribution is -0.123. The summed E-state index contributed by atoms with van der Waals surface area (Å²) >= 11 is 0. The summed E-state index contributed by atoms with van der Waals surface area (Å²) in [7, 11) is 0. The Bertz CT molecular complexity index is 738. The summed E-state index contributed by atoms with van der Waals surface area (Å²) < 4.78 is 24.2. The number of carbonyl (C=O) groups is 1. The van der Waals surface area contributed by atoms with Crippen molar-refractivity contribution in [3.63, 3.8) is 0 Å². The van der Waals surface area contributed by atoms with Crippen molar-refractivity contribution in [2.24, 2.45) is 0 Å². The van der Waals surface area contributed by atoms with Gasteiger partial charge in [0, 0.05) is 18.3 Å². The summed E-state index contributed by atoms with van der Waals surface area (Å²) in [6.07, 6.45) is -0.173. The number of hydrogen-bond acceptors (Lipinski definition) is 4. The maximum absolute atomic E-state index is 13.2. The molecule has 132 valence electrons. The third-order valence-electron chi connectivity index (χ3n) is 4.00. The van der Waals surface area contributed by atoms with Crippen LogP contribution in [0.3, 0.4) is 0 Å². The Morgan fingerprint density at radius 2 is 2.16 bits per heavy atom. The van der Waals surface area contributed by atoms with Crippen LogP contribution in [0.25, 0.3) is 0 Å². The van der Waals surface area contributed by atoms with E-state index in [4.69, 9.17) is 9.47 Å². The van der Waals surface area contributed by atoms with Crippen LogP contribution < -0.4 is 15.4 Å². The van der Waals surface area contributed by atoms with E-state index in [0.717, 1.165) is 5.56 Å². The van der Waals surface area contributed by atoms with Crippen LogP contribution in [0.15, 0.2) is 48.5 Å². The number of carbonyl (C=O) groups excluding carboxylic acids is 1. The second-order valence-electron chi connectivity index (χ2n) is 5.94. The van der Waals surface area contributed by atoms with Gasteiger partial charge in [0.1, 0.15) is 24.2 Å². The number of anilines is 1. The zero-order chi connectivity index (χ0) is 17.6. The number of nitrogens with one attached hydrogen (secondary N) is 2. The molecule has 1 amide bonds. The Kier molecular flexibility index (Phi) is 5.63. The number of hydrogen-bond donors (Lipinski definition) is 2. The van der Waals surface area contributed by atoms with E-state index in [1.54, 1.807) is 12.1 Å². The van der Waals surface area contributed by atoms with Crippen molar-refractivity contribution in [1.82, 2.24) is 5.32 Å². The molecule has 25 heavy (non-hydrogen) atoms. The normalized spacial score (nSPS) is 20.1. The lowest BCUT2D eigenvalue weighted by atomic mass is 10.1.